The maximum absolute atomic E-state index is 11.5. The predicted molar refractivity (Wildman–Crippen MR) is 61.1 cm³/mol. The summed E-state index contributed by atoms with van der Waals surface area (Å²) in [5, 5.41) is 9.26. The van der Waals surface area contributed by atoms with E-state index in [4.69, 9.17) is 0 Å². The smallest absolute Gasteiger partial charge is 0.320 e. The van der Waals surface area contributed by atoms with E-state index in [0.717, 1.165) is 5.56 Å². The molecule has 0 radical (unpaired) electrons. The number of aryl methyl sites for hydroxylation is 1. The van der Waals surface area contributed by atoms with Crippen LogP contribution in [0.4, 0.5) is 10.6 Å². The first-order valence-corrected chi connectivity index (χ1v) is 5.02. The van der Waals surface area contributed by atoms with Crippen molar-refractivity contribution in [1.29, 1.82) is 0 Å². The van der Waals surface area contributed by atoms with Crippen molar-refractivity contribution in [3.8, 4) is 0 Å². The zero-order valence-corrected chi connectivity index (χ0v) is 9.29. The summed E-state index contributed by atoms with van der Waals surface area (Å²) in [5.74, 6) is 0.413. The number of urea groups is 1. The summed E-state index contributed by atoms with van der Waals surface area (Å²) >= 11 is 0. The fourth-order valence-corrected chi connectivity index (χ4v) is 1.27. The monoisotopic (exact) mass is 232 g/mol. The largest absolute Gasteiger partial charge is 0.334 e. The Labute approximate surface area is 97.9 Å². The molecule has 0 saturated carbocycles. The molecule has 2 aromatic heterocycles. The zero-order valence-electron chi connectivity index (χ0n) is 9.29. The average molecular weight is 232 g/mol. The number of carbonyl (C=O) groups excluding carboxylic acids is 1. The lowest BCUT2D eigenvalue weighted by molar-refractivity contribution is 0.251. The fourth-order valence-electron chi connectivity index (χ4n) is 1.27. The number of anilines is 1. The molecule has 0 aliphatic carbocycles. The lowest BCUT2D eigenvalue weighted by atomic mass is 10.4. The quantitative estimate of drug-likeness (QED) is 0.808. The summed E-state index contributed by atoms with van der Waals surface area (Å²) in [4.78, 5) is 19.2. The predicted octanol–water partition coefficient (Wildman–Crippen LogP) is 0.532. The number of hydrogen-bond acceptors (Lipinski definition) is 4. The Morgan fingerprint density at radius 2 is 2.29 bits per heavy atom. The van der Waals surface area contributed by atoms with Gasteiger partial charge in [-0.15, -0.1) is 0 Å². The first kappa shape index (κ1) is 11.1. The molecule has 17 heavy (non-hydrogen) atoms. The Balaban J connectivity index is 1.82. The van der Waals surface area contributed by atoms with Gasteiger partial charge in [-0.1, -0.05) is 0 Å². The Bertz CT molecular complexity index is 495. The van der Waals surface area contributed by atoms with Crippen molar-refractivity contribution in [2.45, 2.75) is 6.54 Å². The van der Waals surface area contributed by atoms with E-state index in [-0.39, 0.29) is 6.03 Å². The Morgan fingerprint density at radius 3 is 2.94 bits per heavy atom. The molecule has 0 unspecified atom stereocenters. The van der Waals surface area contributed by atoms with Crippen LogP contribution in [0.15, 0.2) is 31.0 Å². The third-order valence-electron chi connectivity index (χ3n) is 2.02. The lowest BCUT2D eigenvalue weighted by Crippen LogP contribution is -2.28. The van der Waals surface area contributed by atoms with Crippen LogP contribution < -0.4 is 10.6 Å². The van der Waals surface area contributed by atoms with Crippen LogP contribution in [0.2, 0.25) is 0 Å². The summed E-state index contributed by atoms with van der Waals surface area (Å²) in [5.41, 5.74) is 0.932. The first-order chi connectivity index (χ1) is 8.24. The second kappa shape index (κ2) is 5.06. The van der Waals surface area contributed by atoms with Gasteiger partial charge >= 0.3 is 6.03 Å². The number of amides is 2. The third kappa shape index (κ3) is 3.26. The molecule has 0 aromatic carbocycles. The van der Waals surface area contributed by atoms with E-state index in [2.05, 4.69) is 25.7 Å². The van der Waals surface area contributed by atoms with Crippen molar-refractivity contribution in [3.63, 3.8) is 0 Å². The molecule has 2 aromatic rings. The van der Waals surface area contributed by atoms with Gasteiger partial charge in [0.25, 0.3) is 0 Å². The topological polar surface area (TPSA) is 84.7 Å². The van der Waals surface area contributed by atoms with Gasteiger partial charge in [-0.25, -0.2) is 9.78 Å². The van der Waals surface area contributed by atoms with Gasteiger partial charge < -0.3 is 5.32 Å². The van der Waals surface area contributed by atoms with Crippen molar-refractivity contribution < 1.29 is 4.79 Å². The van der Waals surface area contributed by atoms with Gasteiger partial charge in [0.1, 0.15) is 0 Å². The highest BCUT2D eigenvalue weighted by Crippen LogP contribution is 1.98. The van der Waals surface area contributed by atoms with E-state index in [1.54, 1.807) is 17.1 Å². The number of nitrogens with zero attached hydrogens (tertiary/aromatic N) is 4. The van der Waals surface area contributed by atoms with Crippen LogP contribution in [0, 0.1) is 0 Å². The number of rotatable bonds is 3. The molecule has 7 nitrogen and oxygen atoms in total. The third-order valence-corrected chi connectivity index (χ3v) is 2.02. The maximum Gasteiger partial charge on any atom is 0.320 e. The second-order valence-electron chi connectivity index (χ2n) is 3.42. The van der Waals surface area contributed by atoms with Gasteiger partial charge in [0, 0.05) is 37.7 Å². The highest BCUT2D eigenvalue weighted by atomic mass is 16.2. The number of nitrogens with one attached hydrogen (secondary N) is 2. The van der Waals surface area contributed by atoms with E-state index in [9.17, 15) is 4.79 Å². The highest BCUT2D eigenvalue weighted by Gasteiger charge is 2.03. The molecule has 0 bridgehead atoms. The summed E-state index contributed by atoms with van der Waals surface area (Å²) < 4.78 is 1.68. The minimum atomic E-state index is -0.325. The Kier molecular flexibility index (Phi) is 3.29. The Morgan fingerprint density at radius 1 is 1.41 bits per heavy atom. The number of carbonyl (C=O) groups is 1. The molecular weight excluding hydrogens is 220 g/mol. The molecule has 88 valence electrons. The molecule has 0 spiro atoms. The van der Waals surface area contributed by atoms with Gasteiger partial charge in [-0.2, -0.15) is 5.10 Å². The van der Waals surface area contributed by atoms with Crippen molar-refractivity contribution in [2.24, 2.45) is 7.05 Å². The molecule has 2 N–H and O–H groups in total. The summed E-state index contributed by atoms with van der Waals surface area (Å²) in [6.45, 7) is 0.417. The summed E-state index contributed by atoms with van der Waals surface area (Å²) in [6, 6.07) is -0.325. The maximum atomic E-state index is 11.5. The fraction of sp³-hybridized carbons (Fsp3) is 0.200. The standard InChI is InChI=1S/C10H12N6O/c1-16-7-8(5-14-16)4-13-10(17)15-9-6-11-2-3-12-9/h2-3,5-7H,4H2,1H3,(H2,12,13,15,17). The minimum Gasteiger partial charge on any atom is -0.334 e. The van der Waals surface area contributed by atoms with E-state index in [1.807, 2.05) is 13.2 Å². The van der Waals surface area contributed by atoms with E-state index >= 15 is 0 Å². The zero-order chi connectivity index (χ0) is 12.1. The van der Waals surface area contributed by atoms with E-state index < -0.39 is 0 Å². The minimum absolute atomic E-state index is 0.325. The first-order valence-electron chi connectivity index (χ1n) is 5.02. The molecule has 0 aliphatic heterocycles. The molecular formula is C10H12N6O. The van der Waals surface area contributed by atoms with Crippen LogP contribution in [0.3, 0.4) is 0 Å². The molecule has 2 rings (SSSR count). The van der Waals surface area contributed by atoms with Gasteiger partial charge in [0.05, 0.1) is 12.4 Å². The van der Waals surface area contributed by atoms with Crippen LogP contribution in [-0.2, 0) is 13.6 Å². The van der Waals surface area contributed by atoms with E-state index in [0.29, 0.717) is 12.4 Å². The van der Waals surface area contributed by atoms with Crippen molar-refractivity contribution in [2.75, 3.05) is 5.32 Å². The van der Waals surface area contributed by atoms with Gasteiger partial charge in [-0.3, -0.25) is 15.0 Å². The molecule has 0 atom stereocenters. The second-order valence-corrected chi connectivity index (χ2v) is 3.42. The molecule has 0 saturated heterocycles. The lowest BCUT2D eigenvalue weighted by Gasteiger charge is -2.04. The summed E-state index contributed by atoms with van der Waals surface area (Å²) in [7, 11) is 1.82. The molecule has 2 heterocycles. The number of aromatic nitrogens is 4. The van der Waals surface area contributed by atoms with Gasteiger partial charge in [0.15, 0.2) is 5.82 Å². The normalized spacial score (nSPS) is 9.94. The number of hydrogen-bond donors (Lipinski definition) is 2. The highest BCUT2D eigenvalue weighted by molar-refractivity contribution is 5.87. The SMILES string of the molecule is Cn1cc(CNC(=O)Nc2cnccn2)cn1. The van der Waals surface area contributed by atoms with Crippen LogP contribution in [0.1, 0.15) is 5.56 Å². The van der Waals surface area contributed by atoms with Crippen molar-refractivity contribution >= 4 is 11.8 Å². The van der Waals surface area contributed by atoms with Crippen LogP contribution in [0.5, 0.6) is 0 Å². The summed E-state index contributed by atoms with van der Waals surface area (Å²) in [6.07, 6.45) is 8.06. The van der Waals surface area contributed by atoms with Crippen LogP contribution in [0.25, 0.3) is 0 Å². The molecule has 0 aliphatic rings. The van der Waals surface area contributed by atoms with Gasteiger partial charge in [-0.05, 0) is 0 Å². The molecule has 7 heteroatoms. The average Bonchev–Trinajstić information content (AvgIpc) is 2.74. The van der Waals surface area contributed by atoms with Crippen molar-refractivity contribution in [3.05, 3.63) is 36.5 Å². The van der Waals surface area contributed by atoms with Crippen LogP contribution >= 0.6 is 0 Å². The van der Waals surface area contributed by atoms with Crippen LogP contribution in [-0.4, -0.2) is 25.8 Å². The van der Waals surface area contributed by atoms with E-state index in [1.165, 1.54) is 12.4 Å². The molecule has 2 amide bonds. The van der Waals surface area contributed by atoms with Crippen molar-refractivity contribution in [1.82, 2.24) is 25.1 Å². The Hall–Kier alpha value is -2.44. The molecule has 0 fully saturated rings. The van der Waals surface area contributed by atoms with Gasteiger partial charge in [0.2, 0.25) is 0 Å².